The molecule has 0 aliphatic carbocycles. The molecule has 0 saturated carbocycles. The van der Waals surface area contributed by atoms with E-state index in [1.165, 1.54) is 0 Å². The van der Waals surface area contributed by atoms with Gasteiger partial charge in [-0.15, -0.1) is 0 Å². The lowest BCUT2D eigenvalue weighted by Crippen LogP contribution is -2.46. The number of nitrogens with zero attached hydrogens (tertiary/aromatic N) is 1. The number of carbonyl (C=O) groups excluding carboxylic acids is 1. The van der Waals surface area contributed by atoms with Gasteiger partial charge in [-0.25, -0.2) is 4.79 Å². The molecule has 1 unspecified atom stereocenters. The van der Waals surface area contributed by atoms with Gasteiger partial charge in [0.1, 0.15) is 0 Å². The molecule has 0 saturated heterocycles. The summed E-state index contributed by atoms with van der Waals surface area (Å²) in [4.78, 5) is 24.2. The number of hydrogen-bond acceptors (Lipinski definition) is 3. The minimum atomic E-state index is -0.895. The molecule has 6 heteroatoms. The first kappa shape index (κ1) is 16.7. The average Bonchev–Trinajstić information content (AvgIpc) is 2.29. The number of hydrogen-bond donors (Lipinski definition) is 2. The lowest BCUT2D eigenvalue weighted by Gasteiger charge is -2.24. The standard InChI is InChI=1S/C12H24N2O4/c1-4-6-10(9-11(15)16)13-12(17)14(5-2)7-8-18-3/h10H,4-9H2,1-3H3,(H,13,17)(H,15,16). The fraction of sp³-hybridized carbons (Fsp3) is 0.833. The maximum atomic E-state index is 11.9. The van der Waals surface area contributed by atoms with Crippen LogP contribution in [0.1, 0.15) is 33.1 Å². The lowest BCUT2D eigenvalue weighted by molar-refractivity contribution is -0.137. The first-order chi connectivity index (χ1) is 8.54. The monoisotopic (exact) mass is 260 g/mol. The number of ether oxygens (including phenoxy) is 1. The van der Waals surface area contributed by atoms with Gasteiger partial charge in [0.25, 0.3) is 0 Å². The lowest BCUT2D eigenvalue weighted by atomic mass is 10.1. The van der Waals surface area contributed by atoms with E-state index in [0.717, 1.165) is 6.42 Å². The second-order valence-electron chi connectivity index (χ2n) is 4.11. The zero-order valence-corrected chi connectivity index (χ0v) is 11.4. The minimum absolute atomic E-state index is 0.0403. The van der Waals surface area contributed by atoms with Gasteiger partial charge in [0, 0.05) is 26.2 Å². The van der Waals surface area contributed by atoms with E-state index in [1.54, 1.807) is 12.0 Å². The third kappa shape index (κ3) is 7.11. The summed E-state index contributed by atoms with van der Waals surface area (Å²) >= 11 is 0. The quantitative estimate of drug-likeness (QED) is 0.655. The highest BCUT2D eigenvalue weighted by atomic mass is 16.5. The summed E-state index contributed by atoms with van der Waals surface area (Å²) in [5.41, 5.74) is 0. The van der Waals surface area contributed by atoms with Gasteiger partial charge in [0.15, 0.2) is 0 Å². The molecule has 2 N–H and O–H groups in total. The van der Waals surface area contributed by atoms with E-state index in [4.69, 9.17) is 9.84 Å². The molecule has 0 spiro atoms. The number of urea groups is 1. The van der Waals surface area contributed by atoms with Crippen LogP contribution in [0.25, 0.3) is 0 Å². The van der Waals surface area contributed by atoms with Gasteiger partial charge in [-0.05, 0) is 13.3 Å². The molecule has 0 rings (SSSR count). The van der Waals surface area contributed by atoms with Crippen LogP contribution in [0.5, 0.6) is 0 Å². The predicted octanol–water partition coefficient (Wildman–Crippen LogP) is 1.31. The van der Waals surface area contributed by atoms with Crippen molar-refractivity contribution in [2.75, 3.05) is 26.8 Å². The number of aliphatic carboxylic acids is 1. The molecule has 0 heterocycles. The van der Waals surface area contributed by atoms with Gasteiger partial charge in [0.2, 0.25) is 0 Å². The fourth-order valence-electron chi connectivity index (χ4n) is 1.66. The first-order valence-corrected chi connectivity index (χ1v) is 6.31. The Morgan fingerprint density at radius 3 is 2.50 bits per heavy atom. The number of nitrogens with one attached hydrogen (secondary N) is 1. The summed E-state index contributed by atoms with van der Waals surface area (Å²) in [5, 5.41) is 11.5. The smallest absolute Gasteiger partial charge is 0.317 e. The first-order valence-electron chi connectivity index (χ1n) is 6.31. The summed E-state index contributed by atoms with van der Waals surface area (Å²) < 4.78 is 4.93. The van der Waals surface area contributed by atoms with Crippen molar-refractivity contribution in [2.45, 2.75) is 39.2 Å². The van der Waals surface area contributed by atoms with E-state index in [-0.39, 0.29) is 18.5 Å². The van der Waals surface area contributed by atoms with E-state index in [0.29, 0.717) is 26.1 Å². The van der Waals surface area contributed by atoms with E-state index >= 15 is 0 Å². The molecule has 0 fully saturated rings. The van der Waals surface area contributed by atoms with Crippen LogP contribution in [0.3, 0.4) is 0 Å². The Kier molecular flexibility index (Phi) is 9.00. The second kappa shape index (κ2) is 9.70. The highest BCUT2D eigenvalue weighted by Gasteiger charge is 2.18. The third-order valence-electron chi connectivity index (χ3n) is 2.62. The third-order valence-corrected chi connectivity index (χ3v) is 2.62. The van der Waals surface area contributed by atoms with E-state index in [1.807, 2.05) is 13.8 Å². The molecule has 0 aliphatic rings. The van der Waals surface area contributed by atoms with E-state index in [9.17, 15) is 9.59 Å². The summed E-state index contributed by atoms with van der Waals surface area (Å²) in [6, 6.07) is -0.536. The van der Waals surface area contributed by atoms with Crippen molar-refractivity contribution >= 4 is 12.0 Å². The van der Waals surface area contributed by atoms with Gasteiger partial charge in [-0.3, -0.25) is 4.79 Å². The Balaban J connectivity index is 4.31. The molecule has 0 radical (unpaired) electrons. The van der Waals surface area contributed by atoms with Crippen LogP contribution in [0.2, 0.25) is 0 Å². The van der Waals surface area contributed by atoms with Crippen LogP contribution >= 0.6 is 0 Å². The van der Waals surface area contributed by atoms with Gasteiger partial charge in [-0.1, -0.05) is 13.3 Å². The second-order valence-corrected chi connectivity index (χ2v) is 4.11. The number of carboxylic acids is 1. The van der Waals surface area contributed by atoms with Crippen molar-refractivity contribution in [3.05, 3.63) is 0 Å². The molecule has 0 aromatic rings. The Hall–Kier alpha value is -1.30. The number of rotatable bonds is 9. The molecule has 106 valence electrons. The van der Waals surface area contributed by atoms with Crippen molar-refractivity contribution < 1.29 is 19.4 Å². The number of carbonyl (C=O) groups is 2. The normalized spacial score (nSPS) is 11.9. The Labute approximate surface area is 108 Å². The maximum Gasteiger partial charge on any atom is 0.317 e. The van der Waals surface area contributed by atoms with E-state index < -0.39 is 5.97 Å². The number of carboxylic acid groups (broad SMARTS) is 1. The van der Waals surface area contributed by atoms with Gasteiger partial charge >= 0.3 is 12.0 Å². The summed E-state index contributed by atoms with van der Waals surface area (Å²) in [5.74, 6) is -0.895. The Morgan fingerprint density at radius 1 is 1.39 bits per heavy atom. The van der Waals surface area contributed by atoms with Crippen molar-refractivity contribution in [3.8, 4) is 0 Å². The van der Waals surface area contributed by atoms with Crippen molar-refractivity contribution in [1.82, 2.24) is 10.2 Å². The van der Waals surface area contributed by atoms with Crippen LogP contribution in [-0.2, 0) is 9.53 Å². The van der Waals surface area contributed by atoms with Crippen molar-refractivity contribution in [3.63, 3.8) is 0 Å². The van der Waals surface area contributed by atoms with Crippen molar-refractivity contribution in [1.29, 1.82) is 0 Å². The topological polar surface area (TPSA) is 78.9 Å². The highest BCUT2D eigenvalue weighted by Crippen LogP contribution is 2.03. The van der Waals surface area contributed by atoms with Crippen LogP contribution in [-0.4, -0.2) is 54.9 Å². The maximum absolute atomic E-state index is 11.9. The van der Waals surface area contributed by atoms with Crippen molar-refractivity contribution in [2.24, 2.45) is 0 Å². The predicted molar refractivity (Wildman–Crippen MR) is 68.6 cm³/mol. The highest BCUT2D eigenvalue weighted by molar-refractivity contribution is 5.75. The number of likely N-dealkylation sites (N-methyl/N-ethyl adjacent to an activating group) is 1. The van der Waals surface area contributed by atoms with Crippen LogP contribution in [0.4, 0.5) is 4.79 Å². The zero-order chi connectivity index (χ0) is 14.0. The molecular weight excluding hydrogens is 236 g/mol. The fourth-order valence-corrected chi connectivity index (χ4v) is 1.66. The summed E-state index contributed by atoms with van der Waals surface area (Å²) in [6.07, 6.45) is 1.46. The van der Waals surface area contributed by atoms with E-state index in [2.05, 4.69) is 5.32 Å². The molecule has 0 bridgehead atoms. The molecule has 1 atom stereocenters. The summed E-state index contributed by atoms with van der Waals surface area (Å²) in [6.45, 7) is 5.38. The molecular formula is C12H24N2O4. The molecule has 18 heavy (non-hydrogen) atoms. The number of amides is 2. The average molecular weight is 260 g/mol. The number of methoxy groups -OCH3 is 1. The Morgan fingerprint density at radius 2 is 2.06 bits per heavy atom. The molecule has 0 aliphatic heterocycles. The summed E-state index contributed by atoms with van der Waals surface area (Å²) in [7, 11) is 1.58. The van der Waals surface area contributed by atoms with Crippen LogP contribution in [0, 0.1) is 0 Å². The van der Waals surface area contributed by atoms with Crippen LogP contribution in [0.15, 0.2) is 0 Å². The molecule has 2 amide bonds. The van der Waals surface area contributed by atoms with Gasteiger partial charge < -0.3 is 20.1 Å². The van der Waals surface area contributed by atoms with Gasteiger partial charge in [0.05, 0.1) is 13.0 Å². The SMILES string of the molecule is CCCC(CC(=O)O)NC(=O)N(CC)CCOC. The minimum Gasteiger partial charge on any atom is -0.481 e. The van der Waals surface area contributed by atoms with Gasteiger partial charge in [-0.2, -0.15) is 0 Å². The zero-order valence-electron chi connectivity index (χ0n) is 11.4. The molecule has 0 aromatic heterocycles. The Bertz CT molecular complexity index is 258. The largest absolute Gasteiger partial charge is 0.481 e. The van der Waals surface area contributed by atoms with Crippen LogP contribution < -0.4 is 5.32 Å². The molecule has 0 aromatic carbocycles. The molecule has 6 nitrogen and oxygen atoms in total.